The van der Waals surface area contributed by atoms with E-state index in [0.717, 1.165) is 22.4 Å². The first-order valence-corrected chi connectivity index (χ1v) is 10.1. The van der Waals surface area contributed by atoms with Crippen molar-refractivity contribution in [2.45, 2.75) is 25.8 Å². The molecule has 2 aromatic carbocycles. The van der Waals surface area contributed by atoms with Crippen LogP contribution in [0, 0.1) is 11.8 Å². The van der Waals surface area contributed by atoms with Crippen molar-refractivity contribution in [2.75, 3.05) is 24.7 Å². The molecule has 1 aliphatic rings. The minimum atomic E-state index is -0.929. The summed E-state index contributed by atoms with van der Waals surface area (Å²) in [5.41, 5.74) is 3.35. The van der Waals surface area contributed by atoms with E-state index < -0.39 is 5.97 Å². The first-order chi connectivity index (χ1) is 15.0. The Balaban J connectivity index is 1.58. The Bertz CT molecular complexity index is 1020. The van der Waals surface area contributed by atoms with Gasteiger partial charge in [-0.25, -0.2) is 0 Å². The molecule has 2 amide bonds. The molecule has 0 unspecified atom stereocenters. The Morgan fingerprint density at radius 2 is 1.65 bits per heavy atom. The van der Waals surface area contributed by atoms with Crippen molar-refractivity contribution in [3.63, 3.8) is 0 Å². The maximum absolute atomic E-state index is 13.0. The summed E-state index contributed by atoms with van der Waals surface area (Å²) in [4.78, 5) is 37.2. The predicted molar refractivity (Wildman–Crippen MR) is 115 cm³/mol. The standard InChI is InChI=1S/C24H24N2O5/c27-22(25-14-16-31-15-13-24(29)30)11-12-23(28)26-17-20-7-2-1-5-18(20)9-10-19-6-3-4-8-21(19)26/h1-8H,11-17H2,(H,25,27)(H,29,30). The molecule has 0 spiro atoms. The van der Waals surface area contributed by atoms with Crippen LogP contribution in [0.4, 0.5) is 5.69 Å². The molecule has 0 aromatic heterocycles. The Hall–Kier alpha value is -3.63. The minimum Gasteiger partial charge on any atom is -0.481 e. The molecule has 7 nitrogen and oxygen atoms in total. The Morgan fingerprint density at radius 3 is 2.45 bits per heavy atom. The smallest absolute Gasteiger partial charge is 0.305 e. The minimum absolute atomic E-state index is 0.0555. The number of carbonyl (C=O) groups is 3. The van der Waals surface area contributed by atoms with Crippen LogP contribution in [0.1, 0.15) is 36.0 Å². The van der Waals surface area contributed by atoms with Crippen molar-refractivity contribution in [2.24, 2.45) is 0 Å². The molecule has 2 aromatic rings. The summed E-state index contributed by atoms with van der Waals surface area (Å²) in [7, 11) is 0. The highest BCUT2D eigenvalue weighted by Gasteiger charge is 2.21. The number of fused-ring (bicyclic) bond motifs is 2. The Morgan fingerprint density at radius 1 is 0.935 bits per heavy atom. The van der Waals surface area contributed by atoms with Crippen molar-refractivity contribution in [1.29, 1.82) is 0 Å². The monoisotopic (exact) mass is 420 g/mol. The van der Waals surface area contributed by atoms with Gasteiger partial charge in [-0.1, -0.05) is 42.2 Å². The molecule has 0 saturated carbocycles. The third kappa shape index (κ3) is 6.43. The van der Waals surface area contributed by atoms with Gasteiger partial charge in [0, 0.05) is 30.5 Å². The van der Waals surface area contributed by atoms with Crippen molar-refractivity contribution in [1.82, 2.24) is 5.32 Å². The number of carbonyl (C=O) groups excluding carboxylic acids is 2. The largest absolute Gasteiger partial charge is 0.481 e. The van der Waals surface area contributed by atoms with E-state index in [-0.39, 0.29) is 50.8 Å². The molecule has 3 rings (SSSR count). The van der Waals surface area contributed by atoms with E-state index in [4.69, 9.17) is 9.84 Å². The molecule has 0 atom stereocenters. The Kier molecular flexibility index (Phi) is 7.79. The van der Waals surface area contributed by atoms with Gasteiger partial charge < -0.3 is 20.1 Å². The number of nitrogens with zero attached hydrogens (tertiary/aromatic N) is 1. The summed E-state index contributed by atoms with van der Waals surface area (Å²) < 4.78 is 5.13. The average molecular weight is 420 g/mol. The molecule has 7 heteroatoms. The first-order valence-electron chi connectivity index (χ1n) is 10.1. The number of anilines is 1. The van der Waals surface area contributed by atoms with Gasteiger partial charge in [0.2, 0.25) is 11.8 Å². The molecule has 0 saturated heterocycles. The lowest BCUT2D eigenvalue weighted by molar-refractivity contribution is -0.138. The van der Waals surface area contributed by atoms with Crippen molar-refractivity contribution >= 4 is 23.5 Å². The summed E-state index contributed by atoms with van der Waals surface area (Å²) in [5, 5.41) is 11.2. The quantitative estimate of drug-likeness (QED) is 0.480. The molecule has 0 bridgehead atoms. The van der Waals surface area contributed by atoms with Crippen LogP contribution >= 0.6 is 0 Å². The number of aliphatic carboxylic acids is 1. The SMILES string of the molecule is O=C(O)CCOCCNC(=O)CCC(=O)N1Cc2ccccc2C#Cc2ccccc21. The number of rotatable bonds is 9. The molecule has 0 fully saturated rings. The fourth-order valence-corrected chi connectivity index (χ4v) is 3.18. The van der Waals surface area contributed by atoms with Crippen LogP contribution in [0.2, 0.25) is 0 Å². The summed E-state index contributed by atoms with van der Waals surface area (Å²) >= 11 is 0. The molecule has 160 valence electrons. The maximum Gasteiger partial charge on any atom is 0.305 e. The van der Waals surface area contributed by atoms with E-state index in [9.17, 15) is 14.4 Å². The molecule has 0 aliphatic carbocycles. The lowest BCUT2D eigenvalue weighted by atomic mass is 10.0. The maximum atomic E-state index is 13.0. The van der Waals surface area contributed by atoms with Gasteiger partial charge in [-0.15, -0.1) is 0 Å². The van der Waals surface area contributed by atoms with Gasteiger partial charge in [-0.3, -0.25) is 14.4 Å². The summed E-state index contributed by atoms with van der Waals surface area (Å²) in [6.45, 7) is 0.978. The highest BCUT2D eigenvalue weighted by atomic mass is 16.5. The molecular formula is C24H24N2O5. The van der Waals surface area contributed by atoms with E-state index in [0.29, 0.717) is 6.54 Å². The van der Waals surface area contributed by atoms with Crippen molar-refractivity contribution in [3.05, 3.63) is 65.2 Å². The number of hydrogen-bond donors (Lipinski definition) is 2. The number of para-hydroxylation sites is 1. The van der Waals surface area contributed by atoms with E-state index >= 15 is 0 Å². The third-order valence-corrected chi connectivity index (χ3v) is 4.77. The molecule has 1 aliphatic heterocycles. The number of carboxylic acids is 1. The lowest BCUT2D eigenvalue weighted by Gasteiger charge is -2.26. The second kappa shape index (κ2) is 11.0. The number of nitrogens with one attached hydrogen (secondary N) is 1. The van der Waals surface area contributed by atoms with E-state index in [1.165, 1.54) is 0 Å². The number of carboxylic acid groups (broad SMARTS) is 1. The van der Waals surface area contributed by atoms with Crippen LogP contribution in [-0.2, 0) is 25.7 Å². The zero-order valence-electron chi connectivity index (χ0n) is 17.1. The number of hydrogen-bond acceptors (Lipinski definition) is 4. The van der Waals surface area contributed by atoms with E-state index in [2.05, 4.69) is 17.2 Å². The van der Waals surface area contributed by atoms with Crippen LogP contribution in [0.3, 0.4) is 0 Å². The molecule has 31 heavy (non-hydrogen) atoms. The molecule has 0 radical (unpaired) electrons. The van der Waals surface area contributed by atoms with Gasteiger partial charge >= 0.3 is 5.97 Å². The zero-order valence-corrected chi connectivity index (χ0v) is 17.1. The number of benzene rings is 2. The number of amides is 2. The summed E-state index contributed by atoms with van der Waals surface area (Å²) in [6, 6.07) is 15.2. The van der Waals surface area contributed by atoms with Crippen LogP contribution in [-0.4, -0.2) is 42.6 Å². The fraction of sp³-hybridized carbons (Fsp3) is 0.292. The second-order valence-corrected chi connectivity index (χ2v) is 7.01. The van der Waals surface area contributed by atoms with Crippen LogP contribution in [0.5, 0.6) is 0 Å². The normalized spacial score (nSPS) is 11.8. The highest BCUT2D eigenvalue weighted by Crippen LogP contribution is 2.26. The predicted octanol–water partition coefficient (Wildman–Crippen LogP) is 2.32. The number of ether oxygens (including phenoxy) is 1. The van der Waals surface area contributed by atoms with Crippen LogP contribution in [0.15, 0.2) is 48.5 Å². The summed E-state index contributed by atoms with van der Waals surface area (Å²) in [6.07, 6.45) is 0.0445. The first kappa shape index (κ1) is 22.1. The van der Waals surface area contributed by atoms with Crippen molar-refractivity contribution < 1.29 is 24.2 Å². The highest BCUT2D eigenvalue weighted by molar-refractivity contribution is 5.96. The van der Waals surface area contributed by atoms with Gasteiger partial charge in [0.05, 0.1) is 31.9 Å². The average Bonchev–Trinajstić information content (AvgIpc) is 2.76. The van der Waals surface area contributed by atoms with E-state index in [1.807, 2.05) is 48.5 Å². The fourth-order valence-electron chi connectivity index (χ4n) is 3.18. The topological polar surface area (TPSA) is 95.9 Å². The molecule has 1 heterocycles. The van der Waals surface area contributed by atoms with Crippen LogP contribution < -0.4 is 10.2 Å². The van der Waals surface area contributed by atoms with Crippen molar-refractivity contribution in [3.8, 4) is 11.8 Å². The Labute approximate surface area is 181 Å². The lowest BCUT2D eigenvalue weighted by Crippen LogP contribution is -2.33. The molecule has 2 N–H and O–H groups in total. The third-order valence-electron chi connectivity index (χ3n) is 4.77. The van der Waals surface area contributed by atoms with Gasteiger partial charge in [0.15, 0.2) is 0 Å². The van der Waals surface area contributed by atoms with Gasteiger partial charge in [0.25, 0.3) is 0 Å². The summed E-state index contributed by atoms with van der Waals surface area (Å²) in [5.74, 6) is 4.99. The van der Waals surface area contributed by atoms with Crippen LogP contribution in [0.25, 0.3) is 0 Å². The van der Waals surface area contributed by atoms with E-state index in [1.54, 1.807) is 4.90 Å². The second-order valence-electron chi connectivity index (χ2n) is 7.01. The van der Waals surface area contributed by atoms with Gasteiger partial charge in [-0.05, 0) is 23.8 Å². The van der Waals surface area contributed by atoms with Gasteiger partial charge in [0.1, 0.15) is 0 Å². The van der Waals surface area contributed by atoms with Gasteiger partial charge in [-0.2, -0.15) is 0 Å². The molecular weight excluding hydrogens is 396 g/mol. The zero-order chi connectivity index (χ0) is 22.1.